The number of rotatable bonds is 8. The number of aromatic nitrogens is 1. The molecule has 1 aromatic heterocycles. The monoisotopic (exact) mass is 371 g/mol. The molecular weight excluding hydrogens is 346 g/mol. The van der Waals surface area contributed by atoms with Gasteiger partial charge in [0.25, 0.3) is 0 Å². The maximum absolute atomic E-state index is 12.3. The number of benzene rings is 1. The number of anilines is 1. The van der Waals surface area contributed by atoms with Gasteiger partial charge in [0.1, 0.15) is 11.6 Å². The van der Waals surface area contributed by atoms with Crippen LogP contribution in [0, 0.1) is 0 Å². The number of nitrogens with zero attached hydrogens (tertiary/aromatic N) is 3. The van der Waals surface area contributed by atoms with Crippen LogP contribution in [0.1, 0.15) is 6.42 Å². The van der Waals surface area contributed by atoms with E-state index in [1.54, 1.807) is 11.8 Å². The summed E-state index contributed by atoms with van der Waals surface area (Å²) in [5.41, 5.74) is 0. The maximum Gasteiger partial charge on any atom is 0.223 e. The van der Waals surface area contributed by atoms with Gasteiger partial charge in [-0.2, -0.15) is 11.8 Å². The summed E-state index contributed by atoms with van der Waals surface area (Å²) < 4.78 is 5.66. The van der Waals surface area contributed by atoms with E-state index in [1.165, 1.54) is 0 Å². The van der Waals surface area contributed by atoms with Crippen molar-refractivity contribution in [1.82, 2.24) is 9.88 Å². The van der Waals surface area contributed by atoms with E-state index < -0.39 is 0 Å². The molecule has 1 fully saturated rings. The van der Waals surface area contributed by atoms with Gasteiger partial charge in [-0.3, -0.25) is 4.79 Å². The van der Waals surface area contributed by atoms with Gasteiger partial charge in [0.05, 0.1) is 6.61 Å². The number of pyridine rings is 1. The average Bonchev–Trinajstić information content (AvgIpc) is 2.72. The fourth-order valence-corrected chi connectivity index (χ4v) is 3.60. The van der Waals surface area contributed by atoms with Crippen LogP contribution >= 0.6 is 11.8 Å². The summed E-state index contributed by atoms with van der Waals surface area (Å²) in [5.74, 6) is 3.89. The van der Waals surface area contributed by atoms with E-state index in [0.29, 0.717) is 13.0 Å². The highest BCUT2D eigenvalue weighted by Gasteiger charge is 2.21. The Bertz CT molecular complexity index is 661. The molecule has 1 aromatic carbocycles. The van der Waals surface area contributed by atoms with Crippen molar-refractivity contribution in [1.29, 1.82) is 0 Å². The van der Waals surface area contributed by atoms with Crippen LogP contribution in [0.5, 0.6) is 5.75 Å². The highest BCUT2D eigenvalue weighted by molar-refractivity contribution is 7.99. The van der Waals surface area contributed by atoms with Gasteiger partial charge in [-0.25, -0.2) is 4.98 Å². The third-order valence-corrected chi connectivity index (χ3v) is 5.25. The van der Waals surface area contributed by atoms with Crippen LogP contribution in [0.3, 0.4) is 0 Å². The first kappa shape index (κ1) is 18.6. The normalized spacial score (nSPS) is 14.3. The van der Waals surface area contributed by atoms with Gasteiger partial charge in [-0.05, 0) is 24.3 Å². The van der Waals surface area contributed by atoms with Gasteiger partial charge in [-0.15, -0.1) is 0 Å². The lowest BCUT2D eigenvalue weighted by Gasteiger charge is -2.35. The molecule has 6 heteroatoms. The van der Waals surface area contributed by atoms with Gasteiger partial charge >= 0.3 is 0 Å². The van der Waals surface area contributed by atoms with Gasteiger partial charge in [0.15, 0.2) is 0 Å². The second-order valence-electron chi connectivity index (χ2n) is 6.08. The molecular formula is C20H25N3O2S. The van der Waals surface area contributed by atoms with E-state index in [2.05, 4.69) is 9.88 Å². The fourth-order valence-electron chi connectivity index (χ4n) is 2.88. The van der Waals surface area contributed by atoms with Crippen LogP contribution < -0.4 is 9.64 Å². The lowest BCUT2D eigenvalue weighted by molar-refractivity contribution is -0.131. The zero-order valence-corrected chi connectivity index (χ0v) is 15.7. The summed E-state index contributed by atoms with van der Waals surface area (Å²) in [4.78, 5) is 20.9. The highest BCUT2D eigenvalue weighted by Crippen LogP contribution is 2.14. The predicted molar refractivity (Wildman–Crippen MR) is 107 cm³/mol. The van der Waals surface area contributed by atoms with Crippen molar-refractivity contribution in [2.45, 2.75) is 6.42 Å². The molecule has 2 heterocycles. The summed E-state index contributed by atoms with van der Waals surface area (Å²) in [6.07, 6.45) is 2.41. The molecule has 0 radical (unpaired) electrons. The first-order valence-corrected chi connectivity index (χ1v) is 10.2. The number of hydrogen-bond donors (Lipinski definition) is 0. The molecule has 1 aliphatic heterocycles. The van der Waals surface area contributed by atoms with Crippen LogP contribution in [0.15, 0.2) is 54.7 Å². The smallest absolute Gasteiger partial charge is 0.223 e. The van der Waals surface area contributed by atoms with Crippen molar-refractivity contribution in [3.8, 4) is 5.75 Å². The number of thioether (sulfide) groups is 1. The Labute approximate surface area is 159 Å². The second kappa shape index (κ2) is 10.1. The van der Waals surface area contributed by atoms with Crippen molar-refractivity contribution >= 4 is 23.5 Å². The van der Waals surface area contributed by atoms with Gasteiger partial charge < -0.3 is 14.5 Å². The Morgan fingerprint density at radius 3 is 2.50 bits per heavy atom. The summed E-state index contributed by atoms with van der Waals surface area (Å²) in [6, 6.07) is 15.8. The molecule has 1 aliphatic rings. The number of hydrogen-bond acceptors (Lipinski definition) is 5. The molecule has 0 bridgehead atoms. The first-order valence-electron chi connectivity index (χ1n) is 9.02. The number of carbonyl (C=O) groups excluding carboxylic acids is 1. The van der Waals surface area contributed by atoms with Crippen LogP contribution in [-0.2, 0) is 4.79 Å². The fraction of sp³-hybridized carbons (Fsp3) is 0.400. The van der Waals surface area contributed by atoms with E-state index in [-0.39, 0.29) is 5.91 Å². The standard InChI is InChI=1S/C20H25N3O2S/c24-20(9-16-26-17-15-25-18-6-2-1-3-7-18)23-13-11-22(12-14-23)19-8-4-5-10-21-19/h1-8,10H,9,11-17H2. The summed E-state index contributed by atoms with van der Waals surface area (Å²) in [6.45, 7) is 3.92. The topological polar surface area (TPSA) is 45.7 Å². The largest absolute Gasteiger partial charge is 0.493 e. The lowest BCUT2D eigenvalue weighted by atomic mass is 10.3. The number of para-hydroxylation sites is 1. The van der Waals surface area contributed by atoms with E-state index in [9.17, 15) is 4.79 Å². The third kappa shape index (κ3) is 5.66. The molecule has 0 N–H and O–H groups in total. The minimum atomic E-state index is 0.252. The van der Waals surface area contributed by atoms with Crippen LogP contribution in [0.25, 0.3) is 0 Å². The van der Waals surface area contributed by atoms with Crippen molar-refractivity contribution in [2.75, 3.05) is 49.2 Å². The number of ether oxygens (including phenoxy) is 1. The molecule has 0 spiro atoms. The number of carbonyl (C=O) groups is 1. The maximum atomic E-state index is 12.3. The van der Waals surface area contributed by atoms with Crippen LogP contribution in [-0.4, -0.2) is 60.1 Å². The van der Waals surface area contributed by atoms with Crippen LogP contribution in [0.2, 0.25) is 0 Å². The molecule has 0 unspecified atom stereocenters. The Morgan fingerprint density at radius 1 is 1.00 bits per heavy atom. The first-order chi connectivity index (χ1) is 12.8. The second-order valence-corrected chi connectivity index (χ2v) is 7.30. The SMILES string of the molecule is O=C(CCSCCOc1ccccc1)N1CCN(c2ccccn2)CC1. The van der Waals surface area contributed by atoms with Crippen molar-refractivity contribution < 1.29 is 9.53 Å². The Hall–Kier alpha value is -2.21. The van der Waals surface area contributed by atoms with E-state index in [0.717, 1.165) is 49.3 Å². The molecule has 138 valence electrons. The minimum Gasteiger partial charge on any atom is -0.493 e. The van der Waals surface area contributed by atoms with E-state index in [4.69, 9.17) is 4.74 Å². The average molecular weight is 372 g/mol. The zero-order valence-electron chi connectivity index (χ0n) is 14.9. The van der Waals surface area contributed by atoms with Crippen molar-refractivity contribution in [3.63, 3.8) is 0 Å². The number of amides is 1. The zero-order chi connectivity index (χ0) is 18.0. The molecule has 1 amide bonds. The minimum absolute atomic E-state index is 0.252. The Kier molecular flexibility index (Phi) is 7.19. The third-order valence-electron chi connectivity index (χ3n) is 4.31. The highest BCUT2D eigenvalue weighted by atomic mass is 32.2. The Morgan fingerprint density at radius 2 is 1.77 bits per heavy atom. The molecule has 0 aliphatic carbocycles. The van der Waals surface area contributed by atoms with Gasteiger partial charge in [0.2, 0.25) is 5.91 Å². The Balaban J connectivity index is 1.27. The summed E-state index contributed by atoms with van der Waals surface area (Å²) in [5, 5.41) is 0. The lowest BCUT2D eigenvalue weighted by Crippen LogP contribution is -2.49. The molecule has 2 aromatic rings. The molecule has 5 nitrogen and oxygen atoms in total. The predicted octanol–water partition coefficient (Wildman–Crippen LogP) is 2.93. The molecule has 0 saturated carbocycles. The molecule has 0 atom stereocenters. The molecule has 1 saturated heterocycles. The number of piperazine rings is 1. The molecule has 26 heavy (non-hydrogen) atoms. The summed E-state index contributed by atoms with van der Waals surface area (Å²) in [7, 11) is 0. The van der Waals surface area contributed by atoms with Crippen LogP contribution in [0.4, 0.5) is 5.82 Å². The van der Waals surface area contributed by atoms with Gasteiger partial charge in [0, 0.05) is 50.3 Å². The van der Waals surface area contributed by atoms with Crippen molar-refractivity contribution in [3.05, 3.63) is 54.7 Å². The van der Waals surface area contributed by atoms with Crippen molar-refractivity contribution in [2.24, 2.45) is 0 Å². The van der Waals surface area contributed by atoms with E-state index in [1.807, 2.05) is 59.6 Å². The molecule has 3 rings (SSSR count). The van der Waals surface area contributed by atoms with Gasteiger partial charge in [-0.1, -0.05) is 24.3 Å². The summed E-state index contributed by atoms with van der Waals surface area (Å²) >= 11 is 1.77. The quantitative estimate of drug-likeness (QED) is 0.668. The van der Waals surface area contributed by atoms with E-state index >= 15 is 0 Å².